The molecule has 0 bridgehead atoms. The van der Waals surface area contributed by atoms with Crippen LogP contribution in [0.2, 0.25) is 0 Å². The third kappa shape index (κ3) is 6.57. The maximum Gasteiger partial charge on any atom is 0.190 e. The summed E-state index contributed by atoms with van der Waals surface area (Å²) in [5.74, 6) is 1.87. The zero-order valence-corrected chi connectivity index (χ0v) is 12.7. The molecule has 0 spiro atoms. The first kappa shape index (κ1) is 15.6. The molecule has 20 heavy (non-hydrogen) atoms. The van der Waals surface area contributed by atoms with Crippen molar-refractivity contribution in [2.24, 2.45) is 10.9 Å². The van der Waals surface area contributed by atoms with Crippen LogP contribution in [-0.2, 0) is 9.47 Å². The molecular formula is C15H29N3O2. The van der Waals surface area contributed by atoms with E-state index in [0.29, 0.717) is 6.10 Å². The second-order valence-electron chi connectivity index (χ2n) is 5.72. The fraction of sp³-hybridized carbons (Fsp3) is 0.933. The molecule has 1 unspecified atom stereocenters. The Bertz CT molecular complexity index is 287. The van der Waals surface area contributed by atoms with Crippen LogP contribution in [0.5, 0.6) is 0 Å². The van der Waals surface area contributed by atoms with Gasteiger partial charge in [-0.1, -0.05) is 12.8 Å². The summed E-state index contributed by atoms with van der Waals surface area (Å²) in [5, 5.41) is 6.67. The van der Waals surface area contributed by atoms with Crippen molar-refractivity contribution in [3.63, 3.8) is 0 Å². The van der Waals surface area contributed by atoms with E-state index < -0.39 is 0 Å². The largest absolute Gasteiger partial charge is 0.379 e. The summed E-state index contributed by atoms with van der Waals surface area (Å²) < 4.78 is 11.1. The third-order valence-corrected chi connectivity index (χ3v) is 3.85. The van der Waals surface area contributed by atoms with Crippen LogP contribution >= 0.6 is 0 Å². The Hall–Kier alpha value is -0.810. The van der Waals surface area contributed by atoms with Gasteiger partial charge in [-0.05, 0) is 31.6 Å². The Kier molecular flexibility index (Phi) is 7.15. The van der Waals surface area contributed by atoms with Crippen molar-refractivity contribution in [3.8, 4) is 0 Å². The summed E-state index contributed by atoms with van der Waals surface area (Å²) >= 11 is 0. The lowest BCUT2D eigenvalue weighted by atomic mass is 10.2. The smallest absolute Gasteiger partial charge is 0.190 e. The molecule has 0 aromatic heterocycles. The zero-order chi connectivity index (χ0) is 14.0. The molecule has 0 amide bonds. The summed E-state index contributed by atoms with van der Waals surface area (Å²) in [6, 6.07) is 0. The predicted octanol–water partition coefficient (Wildman–Crippen LogP) is 1.54. The van der Waals surface area contributed by atoms with E-state index >= 15 is 0 Å². The number of guanidine groups is 1. The fourth-order valence-corrected chi connectivity index (χ4v) is 2.39. The third-order valence-electron chi connectivity index (χ3n) is 3.85. The summed E-state index contributed by atoms with van der Waals surface area (Å²) in [4.78, 5) is 4.22. The highest BCUT2D eigenvalue weighted by Gasteiger charge is 2.20. The molecule has 1 heterocycles. The molecule has 5 heteroatoms. The first-order chi connectivity index (χ1) is 9.88. The normalized spacial score (nSPS) is 23.1. The standard InChI is InChI=1S/C15H29N3O2/c1-16-15(18-9-7-13-5-6-13)17-8-3-10-19-12-14-4-2-11-20-14/h13-14H,2-12H2,1H3,(H2,16,17,18). The van der Waals surface area contributed by atoms with Gasteiger partial charge in [0.05, 0.1) is 12.7 Å². The van der Waals surface area contributed by atoms with Crippen molar-refractivity contribution >= 4 is 5.96 Å². The van der Waals surface area contributed by atoms with Gasteiger partial charge in [-0.3, -0.25) is 4.99 Å². The van der Waals surface area contributed by atoms with E-state index in [1.165, 1.54) is 25.7 Å². The number of hydrogen-bond donors (Lipinski definition) is 2. The summed E-state index contributed by atoms with van der Waals surface area (Å²) in [6.07, 6.45) is 7.75. The van der Waals surface area contributed by atoms with Crippen LogP contribution < -0.4 is 10.6 Å². The molecule has 1 aliphatic heterocycles. The molecule has 2 fully saturated rings. The lowest BCUT2D eigenvalue weighted by Gasteiger charge is -2.12. The molecule has 1 saturated heterocycles. The van der Waals surface area contributed by atoms with Crippen LogP contribution in [0.1, 0.15) is 38.5 Å². The molecule has 1 saturated carbocycles. The Morgan fingerprint density at radius 2 is 2.10 bits per heavy atom. The van der Waals surface area contributed by atoms with Crippen molar-refractivity contribution in [1.82, 2.24) is 10.6 Å². The van der Waals surface area contributed by atoms with Gasteiger partial charge in [0, 0.05) is 33.4 Å². The topological polar surface area (TPSA) is 54.9 Å². The van der Waals surface area contributed by atoms with Crippen LogP contribution in [0.15, 0.2) is 4.99 Å². The van der Waals surface area contributed by atoms with Crippen LogP contribution in [0.3, 0.4) is 0 Å². The molecule has 1 aliphatic carbocycles. The number of nitrogens with zero attached hydrogens (tertiary/aromatic N) is 1. The average Bonchev–Trinajstić information content (AvgIpc) is 3.14. The Balaban J connectivity index is 1.40. The number of ether oxygens (including phenoxy) is 2. The highest BCUT2D eigenvalue weighted by atomic mass is 16.5. The summed E-state index contributed by atoms with van der Waals surface area (Å²) in [7, 11) is 1.82. The highest BCUT2D eigenvalue weighted by molar-refractivity contribution is 5.79. The first-order valence-electron chi connectivity index (χ1n) is 8.02. The van der Waals surface area contributed by atoms with E-state index in [4.69, 9.17) is 9.47 Å². The van der Waals surface area contributed by atoms with Gasteiger partial charge in [-0.15, -0.1) is 0 Å². The highest BCUT2D eigenvalue weighted by Crippen LogP contribution is 2.31. The van der Waals surface area contributed by atoms with Crippen molar-refractivity contribution in [2.45, 2.75) is 44.6 Å². The van der Waals surface area contributed by atoms with Gasteiger partial charge in [0.2, 0.25) is 0 Å². The van der Waals surface area contributed by atoms with Crippen LogP contribution in [0.25, 0.3) is 0 Å². The average molecular weight is 283 g/mol. The molecule has 0 radical (unpaired) electrons. The summed E-state index contributed by atoms with van der Waals surface area (Å²) in [6.45, 7) is 4.35. The van der Waals surface area contributed by atoms with E-state index in [1.54, 1.807) is 0 Å². The van der Waals surface area contributed by atoms with Crippen molar-refractivity contribution in [2.75, 3.05) is 40.0 Å². The van der Waals surface area contributed by atoms with Crippen LogP contribution in [0, 0.1) is 5.92 Å². The maximum atomic E-state index is 5.63. The number of aliphatic imine (C=N–C) groups is 1. The Labute approximate surface area is 122 Å². The van der Waals surface area contributed by atoms with Crippen molar-refractivity contribution < 1.29 is 9.47 Å². The molecule has 0 aromatic rings. The fourth-order valence-electron chi connectivity index (χ4n) is 2.39. The van der Waals surface area contributed by atoms with Gasteiger partial charge >= 0.3 is 0 Å². The SMILES string of the molecule is CN=C(NCCCOCC1CCCO1)NCCC1CC1. The number of nitrogens with one attached hydrogen (secondary N) is 2. The lowest BCUT2D eigenvalue weighted by Crippen LogP contribution is -2.38. The monoisotopic (exact) mass is 283 g/mol. The van der Waals surface area contributed by atoms with E-state index in [9.17, 15) is 0 Å². The maximum absolute atomic E-state index is 5.63. The van der Waals surface area contributed by atoms with Gasteiger partial charge in [0.1, 0.15) is 0 Å². The molecule has 1 atom stereocenters. The Morgan fingerprint density at radius 3 is 2.80 bits per heavy atom. The molecule has 2 N–H and O–H groups in total. The molecule has 2 aliphatic rings. The summed E-state index contributed by atoms with van der Waals surface area (Å²) in [5.41, 5.74) is 0. The van der Waals surface area contributed by atoms with E-state index in [0.717, 1.165) is 57.6 Å². The second-order valence-corrected chi connectivity index (χ2v) is 5.72. The number of hydrogen-bond acceptors (Lipinski definition) is 3. The van der Waals surface area contributed by atoms with Gasteiger partial charge in [0.15, 0.2) is 5.96 Å². The van der Waals surface area contributed by atoms with Gasteiger partial charge in [-0.25, -0.2) is 0 Å². The van der Waals surface area contributed by atoms with E-state index in [2.05, 4.69) is 15.6 Å². The van der Waals surface area contributed by atoms with Crippen molar-refractivity contribution in [1.29, 1.82) is 0 Å². The molecule has 5 nitrogen and oxygen atoms in total. The predicted molar refractivity (Wildman–Crippen MR) is 81.1 cm³/mol. The molecular weight excluding hydrogens is 254 g/mol. The molecule has 2 rings (SSSR count). The zero-order valence-electron chi connectivity index (χ0n) is 12.7. The first-order valence-corrected chi connectivity index (χ1v) is 8.02. The second kappa shape index (κ2) is 9.19. The minimum atomic E-state index is 0.333. The minimum absolute atomic E-state index is 0.333. The lowest BCUT2D eigenvalue weighted by molar-refractivity contribution is 0.0168. The van der Waals surface area contributed by atoms with Crippen LogP contribution in [0.4, 0.5) is 0 Å². The van der Waals surface area contributed by atoms with E-state index in [-0.39, 0.29) is 0 Å². The quantitative estimate of drug-likeness (QED) is 0.383. The van der Waals surface area contributed by atoms with E-state index in [1.807, 2.05) is 7.05 Å². The van der Waals surface area contributed by atoms with Gasteiger partial charge in [-0.2, -0.15) is 0 Å². The van der Waals surface area contributed by atoms with Crippen LogP contribution in [-0.4, -0.2) is 52.0 Å². The number of rotatable bonds is 9. The van der Waals surface area contributed by atoms with Gasteiger partial charge in [0.25, 0.3) is 0 Å². The molecule has 0 aromatic carbocycles. The van der Waals surface area contributed by atoms with Gasteiger partial charge < -0.3 is 20.1 Å². The Morgan fingerprint density at radius 1 is 1.25 bits per heavy atom. The minimum Gasteiger partial charge on any atom is -0.379 e. The van der Waals surface area contributed by atoms with Crippen molar-refractivity contribution in [3.05, 3.63) is 0 Å². The molecule has 116 valence electrons.